The number of rotatable bonds is 6. The Morgan fingerprint density at radius 3 is 2.73 bits per heavy atom. The zero-order valence-corrected chi connectivity index (χ0v) is 12.5. The van der Waals surface area contributed by atoms with Crippen molar-refractivity contribution < 1.29 is 9.53 Å². The lowest BCUT2D eigenvalue weighted by molar-refractivity contribution is 0.0951. The molecule has 0 saturated carbocycles. The molecule has 0 atom stereocenters. The first-order valence-electron chi connectivity index (χ1n) is 6.94. The van der Waals surface area contributed by atoms with Crippen molar-refractivity contribution >= 4 is 12.1 Å². The van der Waals surface area contributed by atoms with E-state index in [1.807, 2.05) is 37.3 Å². The summed E-state index contributed by atoms with van der Waals surface area (Å²) in [5.41, 5.74) is 5.00. The Labute approximate surface area is 130 Å². The van der Waals surface area contributed by atoms with Gasteiger partial charge in [0.05, 0.1) is 11.8 Å². The Morgan fingerprint density at radius 2 is 1.95 bits per heavy atom. The number of hydrazone groups is 1. The molecule has 1 N–H and O–H groups in total. The van der Waals surface area contributed by atoms with Gasteiger partial charge in [-0.2, -0.15) is 5.10 Å². The van der Waals surface area contributed by atoms with Crippen molar-refractivity contribution in [3.05, 3.63) is 77.9 Å². The maximum absolute atomic E-state index is 12.2. The zero-order valence-electron chi connectivity index (χ0n) is 12.5. The Bertz CT molecular complexity index is 693. The minimum absolute atomic E-state index is 0.315. The minimum atomic E-state index is -0.315. The van der Waals surface area contributed by atoms with Gasteiger partial charge in [0, 0.05) is 0 Å². The molecule has 4 heteroatoms. The number of benzene rings is 2. The van der Waals surface area contributed by atoms with Gasteiger partial charge in [-0.05, 0) is 30.2 Å². The molecule has 0 saturated heterocycles. The van der Waals surface area contributed by atoms with E-state index in [0.717, 1.165) is 11.1 Å². The number of aryl methyl sites for hydroxylation is 1. The lowest BCUT2D eigenvalue weighted by atomic mass is 10.1. The van der Waals surface area contributed by atoms with Crippen molar-refractivity contribution in [2.45, 2.75) is 6.92 Å². The quantitative estimate of drug-likeness (QED) is 0.505. The molecule has 0 heterocycles. The molecule has 0 fully saturated rings. The monoisotopic (exact) mass is 294 g/mol. The third kappa shape index (κ3) is 4.06. The molecule has 0 bridgehead atoms. The SMILES string of the molecule is C=CCOc1ccccc1C(=O)NN=Cc1ccccc1C. The summed E-state index contributed by atoms with van der Waals surface area (Å²) in [6, 6.07) is 14.8. The van der Waals surface area contributed by atoms with Crippen molar-refractivity contribution in [1.29, 1.82) is 0 Å². The predicted octanol–water partition coefficient (Wildman–Crippen LogP) is 3.32. The highest BCUT2D eigenvalue weighted by Crippen LogP contribution is 2.17. The zero-order chi connectivity index (χ0) is 15.8. The van der Waals surface area contributed by atoms with Gasteiger partial charge in [-0.3, -0.25) is 4.79 Å². The Hall–Kier alpha value is -2.88. The van der Waals surface area contributed by atoms with E-state index in [0.29, 0.717) is 17.9 Å². The molecule has 4 nitrogen and oxygen atoms in total. The molecule has 0 aromatic heterocycles. The number of nitrogens with zero attached hydrogens (tertiary/aromatic N) is 1. The first kappa shape index (κ1) is 15.5. The summed E-state index contributed by atoms with van der Waals surface area (Å²) in [5, 5.41) is 4.00. The van der Waals surface area contributed by atoms with Gasteiger partial charge in [0.2, 0.25) is 0 Å². The molecule has 2 aromatic rings. The molecular weight excluding hydrogens is 276 g/mol. The highest BCUT2D eigenvalue weighted by atomic mass is 16.5. The number of para-hydroxylation sites is 1. The van der Waals surface area contributed by atoms with Crippen LogP contribution in [0.3, 0.4) is 0 Å². The summed E-state index contributed by atoms with van der Waals surface area (Å²) in [6.07, 6.45) is 3.26. The predicted molar refractivity (Wildman–Crippen MR) is 88.4 cm³/mol. The van der Waals surface area contributed by atoms with E-state index in [1.54, 1.807) is 30.5 Å². The highest BCUT2D eigenvalue weighted by molar-refractivity contribution is 5.97. The van der Waals surface area contributed by atoms with E-state index in [4.69, 9.17) is 4.74 Å². The van der Waals surface area contributed by atoms with Gasteiger partial charge in [-0.15, -0.1) is 0 Å². The van der Waals surface area contributed by atoms with Gasteiger partial charge in [-0.25, -0.2) is 5.43 Å². The van der Waals surface area contributed by atoms with E-state index < -0.39 is 0 Å². The second-order valence-corrected chi connectivity index (χ2v) is 4.65. The van der Waals surface area contributed by atoms with Crippen LogP contribution in [0.15, 0.2) is 66.3 Å². The number of hydrogen-bond acceptors (Lipinski definition) is 3. The standard InChI is InChI=1S/C18H18N2O2/c1-3-12-22-17-11-7-6-10-16(17)18(21)20-19-13-15-9-5-4-8-14(15)2/h3-11,13H,1,12H2,2H3,(H,20,21). The number of carbonyl (C=O) groups is 1. The Morgan fingerprint density at radius 1 is 1.23 bits per heavy atom. The second-order valence-electron chi connectivity index (χ2n) is 4.65. The molecule has 0 aliphatic rings. The second kappa shape index (κ2) is 7.78. The molecule has 0 radical (unpaired) electrons. The molecule has 1 amide bonds. The average Bonchev–Trinajstić information content (AvgIpc) is 2.55. The fourth-order valence-electron chi connectivity index (χ4n) is 1.88. The summed E-state index contributed by atoms with van der Waals surface area (Å²) in [4.78, 5) is 12.2. The van der Waals surface area contributed by atoms with Crippen LogP contribution in [-0.2, 0) is 0 Å². The Balaban J connectivity index is 2.06. The maximum Gasteiger partial charge on any atom is 0.275 e. The minimum Gasteiger partial charge on any atom is -0.489 e. The molecule has 0 unspecified atom stereocenters. The van der Waals surface area contributed by atoms with E-state index in [1.165, 1.54) is 0 Å². The molecule has 2 aromatic carbocycles. The lowest BCUT2D eigenvalue weighted by Gasteiger charge is -2.08. The van der Waals surface area contributed by atoms with E-state index in [-0.39, 0.29) is 5.91 Å². The van der Waals surface area contributed by atoms with Crippen molar-refractivity contribution in [2.24, 2.45) is 5.10 Å². The summed E-state index contributed by atoms with van der Waals surface area (Å²) in [6.45, 7) is 5.92. The lowest BCUT2D eigenvalue weighted by Crippen LogP contribution is -2.18. The van der Waals surface area contributed by atoms with E-state index >= 15 is 0 Å². The normalized spacial score (nSPS) is 10.4. The van der Waals surface area contributed by atoms with Crippen LogP contribution in [0.5, 0.6) is 5.75 Å². The maximum atomic E-state index is 12.2. The number of hydrogen-bond donors (Lipinski definition) is 1. The van der Waals surface area contributed by atoms with Crippen molar-refractivity contribution in [3.63, 3.8) is 0 Å². The molecule has 112 valence electrons. The summed E-state index contributed by atoms with van der Waals surface area (Å²) < 4.78 is 5.46. The van der Waals surface area contributed by atoms with Gasteiger partial charge < -0.3 is 4.74 Å². The molecule has 2 rings (SSSR count). The van der Waals surface area contributed by atoms with Gasteiger partial charge in [0.1, 0.15) is 12.4 Å². The van der Waals surface area contributed by atoms with Gasteiger partial charge in [-0.1, -0.05) is 49.1 Å². The number of nitrogens with one attached hydrogen (secondary N) is 1. The Kier molecular flexibility index (Phi) is 5.49. The van der Waals surface area contributed by atoms with Crippen LogP contribution in [-0.4, -0.2) is 18.7 Å². The molecular formula is C18H18N2O2. The summed E-state index contributed by atoms with van der Waals surface area (Å²) >= 11 is 0. The summed E-state index contributed by atoms with van der Waals surface area (Å²) in [7, 11) is 0. The number of amides is 1. The third-order valence-corrected chi connectivity index (χ3v) is 3.05. The first-order valence-corrected chi connectivity index (χ1v) is 6.94. The number of carbonyl (C=O) groups excluding carboxylic acids is 1. The van der Waals surface area contributed by atoms with Crippen molar-refractivity contribution in [1.82, 2.24) is 5.43 Å². The van der Waals surface area contributed by atoms with Crippen molar-refractivity contribution in [2.75, 3.05) is 6.61 Å². The number of ether oxygens (including phenoxy) is 1. The molecule has 22 heavy (non-hydrogen) atoms. The van der Waals surface area contributed by atoms with Crippen molar-refractivity contribution in [3.8, 4) is 5.75 Å². The van der Waals surface area contributed by atoms with Gasteiger partial charge >= 0.3 is 0 Å². The van der Waals surface area contributed by atoms with Gasteiger partial charge in [0.15, 0.2) is 0 Å². The van der Waals surface area contributed by atoms with Crippen LogP contribution in [0.4, 0.5) is 0 Å². The van der Waals surface area contributed by atoms with E-state index in [9.17, 15) is 4.79 Å². The highest BCUT2D eigenvalue weighted by Gasteiger charge is 2.10. The van der Waals surface area contributed by atoms with Crippen LogP contribution in [0.1, 0.15) is 21.5 Å². The van der Waals surface area contributed by atoms with Crippen LogP contribution in [0, 0.1) is 6.92 Å². The van der Waals surface area contributed by atoms with Crippen LogP contribution < -0.4 is 10.2 Å². The fourth-order valence-corrected chi connectivity index (χ4v) is 1.88. The van der Waals surface area contributed by atoms with E-state index in [2.05, 4.69) is 17.1 Å². The topological polar surface area (TPSA) is 50.7 Å². The summed E-state index contributed by atoms with van der Waals surface area (Å²) in [5.74, 6) is 0.190. The average molecular weight is 294 g/mol. The van der Waals surface area contributed by atoms with Gasteiger partial charge in [0.25, 0.3) is 5.91 Å². The molecule has 0 aliphatic heterocycles. The first-order chi connectivity index (χ1) is 10.7. The fraction of sp³-hybridized carbons (Fsp3) is 0.111. The molecule has 0 spiro atoms. The molecule has 0 aliphatic carbocycles. The third-order valence-electron chi connectivity index (χ3n) is 3.05. The largest absolute Gasteiger partial charge is 0.489 e. The van der Waals surface area contributed by atoms with Crippen LogP contribution in [0.2, 0.25) is 0 Å². The smallest absolute Gasteiger partial charge is 0.275 e. The van der Waals surface area contributed by atoms with Crippen LogP contribution in [0.25, 0.3) is 0 Å². The van der Waals surface area contributed by atoms with Crippen LogP contribution >= 0.6 is 0 Å².